The highest BCUT2D eigenvalue weighted by Gasteiger charge is 2.34. The molecule has 6 heteroatoms. The van der Waals surface area contributed by atoms with Crippen LogP contribution >= 0.6 is 0 Å². The number of rotatable bonds is 2. The molecule has 15 heavy (non-hydrogen) atoms. The molecule has 2 heterocycles. The lowest BCUT2D eigenvalue weighted by molar-refractivity contribution is -0.129. The number of amides is 1. The molecular formula is C9H14N4O2. The minimum atomic E-state index is -0.547. The standard InChI is InChI=1S/C9H14N4O2/c10-3-9(15)13-4-7(8(14)5-13)12-2-1-11-6-12/h1-2,6-8,14H,3-5,10H2/t7-,8-/m1/s1. The zero-order valence-electron chi connectivity index (χ0n) is 8.28. The zero-order valence-corrected chi connectivity index (χ0v) is 8.28. The van der Waals surface area contributed by atoms with Crippen LogP contribution in [0.1, 0.15) is 6.04 Å². The average molecular weight is 210 g/mol. The Hall–Kier alpha value is -1.40. The summed E-state index contributed by atoms with van der Waals surface area (Å²) in [5.41, 5.74) is 5.27. The molecule has 1 aliphatic rings. The van der Waals surface area contributed by atoms with Gasteiger partial charge in [-0.05, 0) is 0 Å². The van der Waals surface area contributed by atoms with Crippen molar-refractivity contribution in [3.05, 3.63) is 18.7 Å². The highest BCUT2D eigenvalue weighted by Crippen LogP contribution is 2.21. The molecule has 6 nitrogen and oxygen atoms in total. The Morgan fingerprint density at radius 2 is 2.40 bits per heavy atom. The van der Waals surface area contributed by atoms with Crippen molar-refractivity contribution in [2.75, 3.05) is 19.6 Å². The first kappa shape index (κ1) is 10.1. The van der Waals surface area contributed by atoms with Crippen LogP contribution in [-0.4, -0.2) is 51.2 Å². The molecule has 1 aromatic heterocycles. The lowest BCUT2D eigenvalue weighted by Gasteiger charge is -2.15. The van der Waals surface area contributed by atoms with Gasteiger partial charge in [0.1, 0.15) is 0 Å². The predicted octanol–water partition coefficient (Wildman–Crippen LogP) is -1.41. The fourth-order valence-corrected chi connectivity index (χ4v) is 1.86. The number of hydrogen-bond donors (Lipinski definition) is 2. The molecule has 1 fully saturated rings. The van der Waals surface area contributed by atoms with Gasteiger partial charge in [0.15, 0.2) is 0 Å². The quantitative estimate of drug-likeness (QED) is 0.628. The van der Waals surface area contributed by atoms with Gasteiger partial charge >= 0.3 is 0 Å². The number of aromatic nitrogens is 2. The summed E-state index contributed by atoms with van der Waals surface area (Å²) < 4.78 is 1.81. The first-order valence-corrected chi connectivity index (χ1v) is 4.85. The van der Waals surface area contributed by atoms with Crippen LogP contribution < -0.4 is 5.73 Å². The number of aliphatic hydroxyl groups excluding tert-OH is 1. The summed E-state index contributed by atoms with van der Waals surface area (Å²) in [4.78, 5) is 16.8. The molecule has 2 rings (SSSR count). The molecule has 1 aliphatic heterocycles. The van der Waals surface area contributed by atoms with Crippen LogP contribution in [0.5, 0.6) is 0 Å². The summed E-state index contributed by atoms with van der Waals surface area (Å²) in [6, 6.07) is -0.108. The van der Waals surface area contributed by atoms with Gasteiger partial charge in [-0.15, -0.1) is 0 Å². The summed E-state index contributed by atoms with van der Waals surface area (Å²) in [6.45, 7) is 0.829. The van der Waals surface area contributed by atoms with Gasteiger partial charge < -0.3 is 20.3 Å². The van der Waals surface area contributed by atoms with E-state index in [1.807, 2.05) is 4.57 Å². The molecule has 3 N–H and O–H groups in total. The van der Waals surface area contributed by atoms with E-state index in [2.05, 4.69) is 4.98 Å². The third-order valence-electron chi connectivity index (χ3n) is 2.69. The van der Waals surface area contributed by atoms with Crippen LogP contribution in [0.3, 0.4) is 0 Å². The van der Waals surface area contributed by atoms with Crippen molar-refractivity contribution in [1.82, 2.24) is 14.5 Å². The third-order valence-corrected chi connectivity index (χ3v) is 2.69. The normalized spacial score (nSPS) is 25.9. The molecule has 1 saturated heterocycles. The van der Waals surface area contributed by atoms with Crippen molar-refractivity contribution < 1.29 is 9.90 Å². The van der Waals surface area contributed by atoms with E-state index in [1.54, 1.807) is 23.6 Å². The van der Waals surface area contributed by atoms with Crippen LogP contribution in [0.25, 0.3) is 0 Å². The van der Waals surface area contributed by atoms with E-state index in [9.17, 15) is 9.90 Å². The smallest absolute Gasteiger partial charge is 0.236 e. The Labute approximate surface area is 87.3 Å². The van der Waals surface area contributed by atoms with Crippen molar-refractivity contribution in [1.29, 1.82) is 0 Å². The third kappa shape index (κ3) is 1.86. The maximum atomic E-state index is 11.3. The minimum Gasteiger partial charge on any atom is -0.389 e. The van der Waals surface area contributed by atoms with Gasteiger partial charge in [0, 0.05) is 25.5 Å². The zero-order chi connectivity index (χ0) is 10.8. The summed E-state index contributed by atoms with van der Waals surface area (Å²) in [5, 5.41) is 9.79. The van der Waals surface area contributed by atoms with Crippen molar-refractivity contribution in [3.8, 4) is 0 Å². The molecule has 0 spiro atoms. The van der Waals surface area contributed by atoms with Crippen LogP contribution in [0.15, 0.2) is 18.7 Å². The fourth-order valence-electron chi connectivity index (χ4n) is 1.86. The van der Waals surface area contributed by atoms with E-state index in [1.165, 1.54) is 0 Å². The van der Waals surface area contributed by atoms with Gasteiger partial charge in [0.2, 0.25) is 5.91 Å². The second kappa shape index (κ2) is 4.00. The molecule has 0 bridgehead atoms. The highest BCUT2D eigenvalue weighted by molar-refractivity contribution is 5.78. The van der Waals surface area contributed by atoms with E-state index < -0.39 is 6.10 Å². The van der Waals surface area contributed by atoms with Crippen molar-refractivity contribution in [3.63, 3.8) is 0 Å². The number of β-amino-alcohol motifs (C(OH)–C–C–N with tert-alkyl or cyclic N) is 1. The van der Waals surface area contributed by atoms with E-state index in [0.29, 0.717) is 13.1 Å². The van der Waals surface area contributed by atoms with Crippen molar-refractivity contribution in [2.24, 2.45) is 5.73 Å². The van der Waals surface area contributed by atoms with Crippen molar-refractivity contribution in [2.45, 2.75) is 12.1 Å². The molecule has 82 valence electrons. The lowest BCUT2D eigenvalue weighted by Crippen LogP contribution is -2.34. The second-order valence-electron chi connectivity index (χ2n) is 3.65. The summed E-state index contributed by atoms with van der Waals surface area (Å²) >= 11 is 0. The second-order valence-corrected chi connectivity index (χ2v) is 3.65. The number of nitrogens with zero attached hydrogens (tertiary/aromatic N) is 3. The van der Waals surface area contributed by atoms with Crippen LogP contribution in [-0.2, 0) is 4.79 Å². The van der Waals surface area contributed by atoms with Gasteiger partial charge in [0.25, 0.3) is 0 Å². The Morgan fingerprint density at radius 1 is 1.60 bits per heavy atom. The maximum absolute atomic E-state index is 11.3. The Bertz CT molecular complexity index is 338. The first-order valence-electron chi connectivity index (χ1n) is 4.85. The van der Waals surface area contributed by atoms with E-state index in [-0.39, 0.29) is 18.5 Å². The lowest BCUT2D eigenvalue weighted by atomic mass is 10.2. The van der Waals surface area contributed by atoms with E-state index in [0.717, 1.165) is 0 Å². The van der Waals surface area contributed by atoms with Gasteiger partial charge in [-0.1, -0.05) is 0 Å². The summed E-state index contributed by atoms with van der Waals surface area (Å²) in [5.74, 6) is -0.128. The fraction of sp³-hybridized carbons (Fsp3) is 0.556. The number of likely N-dealkylation sites (tertiary alicyclic amines) is 1. The largest absolute Gasteiger partial charge is 0.389 e. The summed E-state index contributed by atoms with van der Waals surface area (Å²) in [6.07, 6.45) is 4.53. The Morgan fingerprint density at radius 3 is 3.00 bits per heavy atom. The molecule has 0 aromatic carbocycles. The van der Waals surface area contributed by atoms with Crippen molar-refractivity contribution >= 4 is 5.91 Å². The molecule has 1 amide bonds. The number of imidazole rings is 1. The molecular weight excluding hydrogens is 196 g/mol. The van der Waals surface area contributed by atoms with E-state index in [4.69, 9.17) is 5.73 Å². The molecule has 2 atom stereocenters. The summed E-state index contributed by atoms with van der Waals surface area (Å²) in [7, 11) is 0. The molecule has 0 aliphatic carbocycles. The molecule has 0 radical (unpaired) electrons. The Kier molecular flexibility index (Phi) is 2.70. The van der Waals surface area contributed by atoms with Crippen LogP contribution in [0.4, 0.5) is 0 Å². The van der Waals surface area contributed by atoms with Crippen LogP contribution in [0.2, 0.25) is 0 Å². The average Bonchev–Trinajstić information content (AvgIpc) is 2.84. The van der Waals surface area contributed by atoms with Gasteiger partial charge in [-0.2, -0.15) is 0 Å². The number of hydrogen-bond acceptors (Lipinski definition) is 4. The van der Waals surface area contributed by atoms with Gasteiger partial charge in [-0.25, -0.2) is 4.98 Å². The number of nitrogens with two attached hydrogens (primary N) is 1. The number of carbonyl (C=O) groups excluding carboxylic acids is 1. The maximum Gasteiger partial charge on any atom is 0.236 e. The number of aliphatic hydroxyl groups is 1. The molecule has 0 unspecified atom stereocenters. The molecule has 1 aromatic rings. The Balaban J connectivity index is 2.08. The highest BCUT2D eigenvalue weighted by atomic mass is 16.3. The molecule has 0 saturated carbocycles. The number of carbonyl (C=O) groups is 1. The first-order chi connectivity index (χ1) is 7.22. The predicted molar refractivity (Wildman–Crippen MR) is 52.9 cm³/mol. The van der Waals surface area contributed by atoms with Gasteiger partial charge in [-0.3, -0.25) is 4.79 Å². The monoisotopic (exact) mass is 210 g/mol. The van der Waals surface area contributed by atoms with Gasteiger partial charge in [0.05, 0.1) is 25.0 Å². The minimum absolute atomic E-state index is 0.0105. The van der Waals surface area contributed by atoms with Crippen LogP contribution in [0, 0.1) is 0 Å². The topological polar surface area (TPSA) is 84.4 Å². The SMILES string of the molecule is NCC(=O)N1C[C@@H](O)[C@H](n2ccnc2)C1. The van der Waals surface area contributed by atoms with E-state index >= 15 is 0 Å².